The van der Waals surface area contributed by atoms with Gasteiger partial charge in [-0.15, -0.1) is 0 Å². The number of fused-ring (bicyclic) bond motifs is 1. The van der Waals surface area contributed by atoms with Gasteiger partial charge in [0.1, 0.15) is 6.61 Å². The van der Waals surface area contributed by atoms with Gasteiger partial charge in [0, 0.05) is 30.4 Å². The number of carbonyl (C=O) groups excluding carboxylic acids is 1. The number of nitrogens with one attached hydrogen (secondary N) is 2. The van der Waals surface area contributed by atoms with Gasteiger partial charge in [0.2, 0.25) is 0 Å². The van der Waals surface area contributed by atoms with E-state index >= 15 is 0 Å². The zero-order chi connectivity index (χ0) is 20.9. The van der Waals surface area contributed by atoms with Crippen LogP contribution in [-0.4, -0.2) is 11.0 Å². The Morgan fingerprint density at radius 2 is 1.83 bits per heavy atom. The highest BCUT2D eigenvalue weighted by Crippen LogP contribution is 2.29. The Bertz CT molecular complexity index is 1050. The zero-order valence-electron chi connectivity index (χ0n) is 16.2. The van der Waals surface area contributed by atoms with Crippen LogP contribution < -0.4 is 10.6 Å². The summed E-state index contributed by atoms with van der Waals surface area (Å²) in [5.74, 6) is 0. The second-order valence-corrected chi connectivity index (χ2v) is 7.16. The van der Waals surface area contributed by atoms with E-state index in [1.54, 1.807) is 12.1 Å². The van der Waals surface area contributed by atoms with Crippen molar-refractivity contribution in [2.24, 2.45) is 0 Å². The number of nitro benzene ring substituents is 1. The van der Waals surface area contributed by atoms with Crippen molar-refractivity contribution in [3.8, 4) is 0 Å². The average molecular weight is 403 g/mol. The molecule has 0 aromatic heterocycles. The number of anilines is 1. The van der Waals surface area contributed by atoms with E-state index in [1.165, 1.54) is 0 Å². The van der Waals surface area contributed by atoms with Gasteiger partial charge in [0.25, 0.3) is 5.69 Å². The standard InChI is InChI=1S/C23H21N3O4/c27-23(30-15-16-4-2-1-3-5-16)25-20-9-6-17(7-10-20)22-13-18-8-11-21(26(28)29)12-19(18)14-24-22/h1-12,22,24H,13-15H2,(H,25,27). The number of benzene rings is 3. The van der Waals surface area contributed by atoms with Crippen LogP contribution in [0.3, 0.4) is 0 Å². The Morgan fingerprint density at radius 3 is 2.57 bits per heavy atom. The summed E-state index contributed by atoms with van der Waals surface area (Å²) in [6.45, 7) is 0.793. The molecule has 7 nitrogen and oxygen atoms in total. The second-order valence-electron chi connectivity index (χ2n) is 7.16. The lowest BCUT2D eigenvalue weighted by atomic mass is 9.91. The van der Waals surface area contributed by atoms with E-state index in [0.717, 1.165) is 28.7 Å². The molecule has 7 heteroatoms. The first-order valence-electron chi connectivity index (χ1n) is 9.66. The molecule has 3 aromatic rings. The predicted molar refractivity (Wildman–Crippen MR) is 113 cm³/mol. The number of amides is 1. The van der Waals surface area contributed by atoms with Crippen molar-refractivity contribution in [2.45, 2.75) is 25.6 Å². The number of non-ortho nitro benzene ring substituents is 1. The van der Waals surface area contributed by atoms with Crippen molar-refractivity contribution >= 4 is 17.5 Å². The number of hydrogen-bond acceptors (Lipinski definition) is 5. The molecule has 0 saturated heterocycles. The largest absolute Gasteiger partial charge is 0.444 e. The number of carbonyl (C=O) groups is 1. The van der Waals surface area contributed by atoms with Crippen LogP contribution in [0.15, 0.2) is 72.8 Å². The lowest BCUT2D eigenvalue weighted by Gasteiger charge is -2.26. The topological polar surface area (TPSA) is 93.5 Å². The minimum atomic E-state index is -0.502. The average Bonchev–Trinajstić information content (AvgIpc) is 2.78. The van der Waals surface area contributed by atoms with E-state index in [9.17, 15) is 14.9 Å². The van der Waals surface area contributed by atoms with Crippen molar-refractivity contribution in [1.82, 2.24) is 5.32 Å². The highest BCUT2D eigenvalue weighted by Gasteiger charge is 2.21. The minimum absolute atomic E-state index is 0.109. The van der Waals surface area contributed by atoms with Gasteiger partial charge >= 0.3 is 6.09 Å². The van der Waals surface area contributed by atoms with Crippen LogP contribution in [0, 0.1) is 10.1 Å². The Morgan fingerprint density at radius 1 is 1.07 bits per heavy atom. The highest BCUT2D eigenvalue weighted by molar-refractivity contribution is 5.84. The zero-order valence-corrected chi connectivity index (χ0v) is 16.2. The van der Waals surface area contributed by atoms with Crippen LogP contribution in [-0.2, 0) is 24.3 Å². The fourth-order valence-electron chi connectivity index (χ4n) is 3.53. The first-order chi connectivity index (χ1) is 14.6. The molecule has 1 heterocycles. The molecule has 0 aliphatic carbocycles. The number of nitrogens with zero attached hydrogens (tertiary/aromatic N) is 1. The summed E-state index contributed by atoms with van der Waals surface area (Å²) in [5, 5.41) is 17.1. The van der Waals surface area contributed by atoms with Crippen molar-refractivity contribution in [3.05, 3.63) is 105 Å². The molecule has 1 aliphatic heterocycles. The van der Waals surface area contributed by atoms with Crippen LogP contribution in [0.1, 0.15) is 28.3 Å². The second kappa shape index (κ2) is 8.75. The lowest BCUT2D eigenvalue weighted by molar-refractivity contribution is -0.384. The molecule has 2 N–H and O–H groups in total. The molecule has 152 valence electrons. The maximum absolute atomic E-state index is 12.0. The fraction of sp³-hybridized carbons (Fsp3) is 0.174. The molecule has 0 bridgehead atoms. The summed E-state index contributed by atoms with van der Waals surface area (Å²) in [6.07, 6.45) is 0.247. The Labute approximate surface area is 173 Å². The molecule has 0 spiro atoms. The van der Waals surface area contributed by atoms with Crippen molar-refractivity contribution in [2.75, 3.05) is 5.32 Å². The summed E-state index contributed by atoms with van der Waals surface area (Å²) in [4.78, 5) is 22.6. The smallest absolute Gasteiger partial charge is 0.411 e. The summed E-state index contributed by atoms with van der Waals surface area (Å²) < 4.78 is 5.23. The summed E-state index contributed by atoms with van der Waals surface area (Å²) in [6, 6.07) is 22.2. The van der Waals surface area contributed by atoms with Crippen LogP contribution in [0.5, 0.6) is 0 Å². The Kier molecular flexibility index (Phi) is 5.72. The van der Waals surface area contributed by atoms with Gasteiger partial charge in [-0.05, 0) is 40.8 Å². The molecule has 0 saturated carbocycles. The number of rotatable bonds is 5. The third kappa shape index (κ3) is 4.64. The van der Waals surface area contributed by atoms with Crippen molar-refractivity contribution < 1.29 is 14.5 Å². The van der Waals surface area contributed by atoms with E-state index < -0.39 is 6.09 Å². The first-order valence-corrected chi connectivity index (χ1v) is 9.66. The molecule has 1 amide bonds. The van der Waals surface area contributed by atoms with Gasteiger partial charge in [-0.2, -0.15) is 0 Å². The predicted octanol–water partition coefficient (Wildman–Crippen LogP) is 4.73. The van der Waals surface area contributed by atoms with Crippen LogP contribution in [0.25, 0.3) is 0 Å². The van der Waals surface area contributed by atoms with Crippen LogP contribution in [0.2, 0.25) is 0 Å². The van der Waals surface area contributed by atoms with Crippen molar-refractivity contribution in [1.29, 1.82) is 0 Å². The maximum atomic E-state index is 12.0. The highest BCUT2D eigenvalue weighted by atomic mass is 16.6. The van der Waals surface area contributed by atoms with Gasteiger partial charge < -0.3 is 10.1 Å². The van der Waals surface area contributed by atoms with Gasteiger partial charge in [0.15, 0.2) is 0 Å². The molecule has 4 rings (SSSR count). The van der Waals surface area contributed by atoms with E-state index in [2.05, 4.69) is 10.6 Å². The van der Waals surface area contributed by atoms with E-state index in [0.29, 0.717) is 12.2 Å². The molecule has 1 unspecified atom stereocenters. The van der Waals surface area contributed by atoms with Gasteiger partial charge in [-0.3, -0.25) is 15.4 Å². The van der Waals surface area contributed by atoms with E-state index in [4.69, 9.17) is 4.74 Å². The van der Waals surface area contributed by atoms with Crippen LogP contribution >= 0.6 is 0 Å². The maximum Gasteiger partial charge on any atom is 0.411 e. The third-order valence-corrected chi connectivity index (χ3v) is 5.14. The normalized spacial score (nSPS) is 15.1. The molecular weight excluding hydrogens is 382 g/mol. The molecule has 3 aromatic carbocycles. The summed E-state index contributed by atoms with van der Waals surface area (Å²) in [5.41, 5.74) is 4.85. The van der Waals surface area contributed by atoms with Gasteiger partial charge in [-0.25, -0.2) is 4.79 Å². The van der Waals surface area contributed by atoms with E-state index in [1.807, 2.05) is 60.7 Å². The van der Waals surface area contributed by atoms with Crippen molar-refractivity contribution in [3.63, 3.8) is 0 Å². The lowest BCUT2D eigenvalue weighted by Crippen LogP contribution is -2.28. The summed E-state index contributed by atoms with van der Waals surface area (Å²) in [7, 11) is 0. The van der Waals surface area contributed by atoms with Gasteiger partial charge in [0.05, 0.1) is 4.92 Å². The molecule has 0 fully saturated rings. The molecular formula is C23H21N3O4. The number of ether oxygens (including phenoxy) is 1. The fourth-order valence-corrected chi connectivity index (χ4v) is 3.53. The summed E-state index contributed by atoms with van der Waals surface area (Å²) >= 11 is 0. The quantitative estimate of drug-likeness (QED) is 0.474. The van der Waals surface area contributed by atoms with Crippen LogP contribution in [0.4, 0.5) is 16.2 Å². The van der Waals surface area contributed by atoms with Gasteiger partial charge in [-0.1, -0.05) is 48.5 Å². The van der Waals surface area contributed by atoms with E-state index in [-0.39, 0.29) is 23.3 Å². The molecule has 0 radical (unpaired) electrons. The third-order valence-electron chi connectivity index (χ3n) is 5.14. The number of nitro groups is 1. The first kappa shape index (κ1) is 19.6. The number of hydrogen-bond donors (Lipinski definition) is 2. The Balaban J connectivity index is 1.34. The minimum Gasteiger partial charge on any atom is -0.444 e. The monoisotopic (exact) mass is 403 g/mol. The SMILES string of the molecule is O=C(Nc1ccc(C2Cc3ccc([N+](=O)[O-])cc3CN2)cc1)OCc1ccccc1. The molecule has 1 aliphatic rings. The molecule has 30 heavy (non-hydrogen) atoms. The molecule has 1 atom stereocenters. The Hall–Kier alpha value is -3.71.